The third-order valence-corrected chi connectivity index (χ3v) is 4.76. The van der Waals surface area contributed by atoms with Crippen molar-refractivity contribution in [2.75, 3.05) is 39.8 Å². The minimum atomic E-state index is -1.05. The van der Waals surface area contributed by atoms with E-state index in [1.165, 1.54) is 0 Å². The lowest BCUT2D eigenvalue weighted by Crippen LogP contribution is -2.55. The van der Waals surface area contributed by atoms with E-state index in [0.717, 1.165) is 18.7 Å². The molecular formula is C18H26ClN3O2. The van der Waals surface area contributed by atoms with E-state index in [1.54, 1.807) is 18.7 Å². The molecule has 0 unspecified atom stereocenters. The van der Waals surface area contributed by atoms with Crippen molar-refractivity contribution in [3.63, 3.8) is 0 Å². The molecule has 1 aliphatic rings. The van der Waals surface area contributed by atoms with Gasteiger partial charge in [-0.25, -0.2) is 0 Å². The largest absolute Gasteiger partial charge is 0.355 e. The van der Waals surface area contributed by atoms with Gasteiger partial charge in [0.1, 0.15) is 5.41 Å². The Morgan fingerprint density at radius 1 is 1.12 bits per heavy atom. The predicted molar refractivity (Wildman–Crippen MR) is 96.0 cm³/mol. The van der Waals surface area contributed by atoms with Gasteiger partial charge in [0, 0.05) is 37.7 Å². The maximum Gasteiger partial charge on any atom is 0.237 e. The first-order chi connectivity index (χ1) is 11.3. The van der Waals surface area contributed by atoms with Gasteiger partial charge in [-0.1, -0.05) is 23.7 Å². The number of benzene rings is 1. The second-order valence-corrected chi connectivity index (χ2v) is 7.29. The number of nitrogens with zero attached hydrogens (tertiary/aromatic N) is 2. The van der Waals surface area contributed by atoms with Crippen molar-refractivity contribution in [3.05, 3.63) is 34.9 Å². The fourth-order valence-electron chi connectivity index (χ4n) is 2.69. The highest BCUT2D eigenvalue weighted by Crippen LogP contribution is 2.20. The van der Waals surface area contributed by atoms with Crippen LogP contribution in [0.25, 0.3) is 0 Å². The summed E-state index contributed by atoms with van der Waals surface area (Å²) in [6, 6.07) is 7.54. The van der Waals surface area contributed by atoms with Crippen LogP contribution < -0.4 is 5.32 Å². The fraction of sp³-hybridized carbons (Fsp3) is 0.556. The van der Waals surface area contributed by atoms with Crippen molar-refractivity contribution in [1.29, 1.82) is 0 Å². The van der Waals surface area contributed by atoms with Crippen LogP contribution in [0, 0.1) is 5.41 Å². The summed E-state index contributed by atoms with van der Waals surface area (Å²) in [5.74, 6) is -0.319. The Balaban J connectivity index is 1.85. The molecule has 0 spiro atoms. The third-order valence-electron chi connectivity index (χ3n) is 4.51. The lowest BCUT2D eigenvalue weighted by Gasteiger charge is -2.36. The average Bonchev–Trinajstić information content (AvgIpc) is 2.56. The number of amides is 2. The van der Waals surface area contributed by atoms with Crippen LogP contribution in [-0.4, -0.2) is 61.4 Å². The zero-order valence-corrected chi connectivity index (χ0v) is 15.4. The van der Waals surface area contributed by atoms with E-state index < -0.39 is 5.41 Å². The molecule has 5 nitrogen and oxygen atoms in total. The summed E-state index contributed by atoms with van der Waals surface area (Å²) in [6.45, 7) is 6.95. The minimum absolute atomic E-state index is 0.0976. The van der Waals surface area contributed by atoms with Crippen LogP contribution in [-0.2, 0) is 16.0 Å². The average molecular weight is 352 g/mol. The van der Waals surface area contributed by atoms with Gasteiger partial charge in [-0.3, -0.25) is 9.59 Å². The highest BCUT2D eigenvalue weighted by atomic mass is 35.5. The second kappa shape index (κ2) is 7.99. The van der Waals surface area contributed by atoms with Crippen molar-refractivity contribution in [3.8, 4) is 0 Å². The van der Waals surface area contributed by atoms with Gasteiger partial charge in [0.25, 0.3) is 0 Å². The molecule has 1 aromatic rings. The van der Waals surface area contributed by atoms with E-state index in [0.29, 0.717) is 31.1 Å². The molecule has 1 aromatic carbocycles. The summed E-state index contributed by atoms with van der Waals surface area (Å²) in [7, 11) is 2.04. The van der Waals surface area contributed by atoms with E-state index in [9.17, 15) is 9.59 Å². The number of carbonyl (C=O) groups is 2. The molecule has 1 N–H and O–H groups in total. The van der Waals surface area contributed by atoms with Crippen LogP contribution in [0.3, 0.4) is 0 Å². The Morgan fingerprint density at radius 3 is 2.29 bits per heavy atom. The summed E-state index contributed by atoms with van der Waals surface area (Å²) < 4.78 is 0. The molecule has 0 bridgehead atoms. The van der Waals surface area contributed by atoms with Crippen molar-refractivity contribution in [2.24, 2.45) is 5.41 Å². The molecule has 0 radical (unpaired) electrons. The Labute approximate surface area is 149 Å². The van der Waals surface area contributed by atoms with Crippen LogP contribution in [0.2, 0.25) is 5.02 Å². The summed E-state index contributed by atoms with van der Waals surface area (Å²) >= 11 is 5.86. The number of likely N-dealkylation sites (N-methyl/N-ethyl adjacent to an activating group) is 1. The molecule has 6 heteroatoms. The van der Waals surface area contributed by atoms with E-state index >= 15 is 0 Å². The van der Waals surface area contributed by atoms with Crippen LogP contribution >= 0.6 is 11.6 Å². The number of carbonyl (C=O) groups excluding carboxylic acids is 2. The molecule has 132 valence electrons. The number of rotatable bonds is 5. The minimum Gasteiger partial charge on any atom is -0.355 e. The van der Waals surface area contributed by atoms with Crippen LogP contribution in [0.15, 0.2) is 24.3 Å². The van der Waals surface area contributed by atoms with Gasteiger partial charge in [-0.05, 0) is 45.0 Å². The number of nitrogens with one attached hydrogen (secondary N) is 1. The quantitative estimate of drug-likeness (QED) is 0.823. The van der Waals surface area contributed by atoms with Gasteiger partial charge >= 0.3 is 0 Å². The zero-order chi connectivity index (χ0) is 17.7. The Bertz CT molecular complexity index is 578. The normalized spacial score (nSPS) is 16.1. The SMILES string of the molecule is CN1CCN(C(=O)C(C)(C)C(=O)NCCc2ccc(Cl)cc2)CC1. The van der Waals surface area contributed by atoms with E-state index in [-0.39, 0.29) is 11.8 Å². The van der Waals surface area contributed by atoms with Crippen LogP contribution in [0.5, 0.6) is 0 Å². The Hall–Kier alpha value is -1.59. The molecule has 2 amide bonds. The van der Waals surface area contributed by atoms with Gasteiger partial charge in [0.2, 0.25) is 11.8 Å². The lowest BCUT2D eigenvalue weighted by molar-refractivity contribution is -0.149. The lowest BCUT2D eigenvalue weighted by atomic mass is 9.90. The molecule has 1 fully saturated rings. The monoisotopic (exact) mass is 351 g/mol. The smallest absolute Gasteiger partial charge is 0.237 e. The van der Waals surface area contributed by atoms with Crippen molar-refractivity contribution >= 4 is 23.4 Å². The van der Waals surface area contributed by atoms with Crippen molar-refractivity contribution < 1.29 is 9.59 Å². The van der Waals surface area contributed by atoms with Gasteiger partial charge in [0.05, 0.1) is 0 Å². The van der Waals surface area contributed by atoms with Crippen LogP contribution in [0.1, 0.15) is 19.4 Å². The standard InChI is InChI=1S/C18H26ClN3O2/c1-18(2,17(24)22-12-10-21(3)11-13-22)16(23)20-9-8-14-4-6-15(19)7-5-14/h4-7H,8-13H2,1-3H3,(H,20,23). The number of halogens is 1. The van der Waals surface area contributed by atoms with E-state index in [1.807, 2.05) is 31.3 Å². The number of hydrogen-bond acceptors (Lipinski definition) is 3. The van der Waals surface area contributed by atoms with E-state index in [2.05, 4.69) is 10.2 Å². The third kappa shape index (κ3) is 4.71. The Kier molecular flexibility index (Phi) is 6.24. The number of hydrogen-bond donors (Lipinski definition) is 1. The first kappa shape index (κ1) is 18.7. The maximum atomic E-state index is 12.7. The molecule has 0 atom stereocenters. The topological polar surface area (TPSA) is 52.7 Å². The maximum absolute atomic E-state index is 12.7. The molecule has 0 saturated carbocycles. The first-order valence-electron chi connectivity index (χ1n) is 8.31. The summed E-state index contributed by atoms with van der Waals surface area (Å²) in [6.07, 6.45) is 0.710. The van der Waals surface area contributed by atoms with Gasteiger partial charge in [-0.15, -0.1) is 0 Å². The fourth-order valence-corrected chi connectivity index (χ4v) is 2.82. The predicted octanol–water partition coefficient (Wildman–Crippen LogP) is 1.80. The molecule has 0 aliphatic carbocycles. The van der Waals surface area contributed by atoms with Gasteiger partial charge in [-0.2, -0.15) is 0 Å². The summed E-state index contributed by atoms with van der Waals surface area (Å²) in [5.41, 5.74) is 0.0542. The molecule has 0 aromatic heterocycles. The molecule has 1 saturated heterocycles. The van der Waals surface area contributed by atoms with Crippen LogP contribution in [0.4, 0.5) is 0 Å². The molecular weight excluding hydrogens is 326 g/mol. The van der Waals surface area contributed by atoms with Crippen molar-refractivity contribution in [2.45, 2.75) is 20.3 Å². The first-order valence-corrected chi connectivity index (χ1v) is 8.69. The Morgan fingerprint density at radius 2 is 1.71 bits per heavy atom. The second-order valence-electron chi connectivity index (χ2n) is 6.85. The highest BCUT2D eigenvalue weighted by Gasteiger charge is 2.39. The summed E-state index contributed by atoms with van der Waals surface area (Å²) in [5, 5.41) is 3.58. The van der Waals surface area contributed by atoms with Gasteiger partial charge < -0.3 is 15.1 Å². The molecule has 1 heterocycles. The molecule has 2 rings (SSSR count). The van der Waals surface area contributed by atoms with Crippen molar-refractivity contribution in [1.82, 2.24) is 15.1 Å². The number of piperazine rings is 1. The molecule has 24 heavy (non-hydrogen) atoms. The summed E-state index contributed by atoms with van der Waals surface area (Å²) in [4.78, 5) is 29.1. The zero-order valence-electron chi connectivity index (χ0n) is 14.6. The van der Waals surface area contributed by atoms with Gasteiger partial charge in [0.15, 0.2) is 0 Å². The van der Waals surface area contributed by atoms with E-state index in [4.69, 9.17) is 11.6 Å². The highest BCUT2D eigenvalue weighted by molar-refractivity contribution is 6.30. The molecule has 1 aliphatic heterocycles.